The molecule has 0 rings (SSSR count). The van der Waals surface area contributed by atoms with Gasteiger partial charge in [0.25, 0.3) is 0 Å². The van der Waals surface area contributed by atoms with Gasteiger partial charge in [0.15, 0.2) is 6.10 Å². The summed E-state index contributed by atoms with van der Waals surface area (Å²) in [6.07, 6.45) is 34.7. The van der Waals surface area contributed by atoms with Crippen molar-refractivity contribution in [3.8, 4) is 0 Å². The minimum absolute atomic E-state index is 0.119. The molecule has 0 aliphatic rings. The van der Waals surface area contributed by atoms with Gasteiger partial charge in [-0.2, -0.15) is 0 Å². The van der Waals surface area contributed by atoms with Gasteiger partial charge in [-0.1, -0.05) is 146 Å². The minimum atomic E-state index is -4.77. The first-order valence-corrected chi connectivity index (χ1v) is 20.4. The lowest BCUT2D eigenvalue weighted by atomic mass is 10.0. The number of hydrogen-bond acceptors (Lipinski definition) is 7. The van der Waals surface area contributed by atoms with Gasteiger partial charge in [0.1, 0.15) is 6.61 Å². The van der Waals surface area contributed by atoms with Crippen LogP contribution < -0.4 is 0 Å². The smallest absolute Gasteiger partial charge is 0.462 e. The number of ether oxygens (including phenoxy) is 2. The van der Waals surface area contributed by atoms with Crippen LogP contribution in [0.5, 0.6) is 0 Å². The Balaban J connectivity index is 4.12. The first kappa shape index (κ1) is 47.0. The number of carbonyl (C=O) groups is 2. The molecule has 0 bridgehead atoms. The summed E-state index contributed by atoms with van der Waals surface area (Å²) in [4.78, 5) is 42.7. The third-order valence-electron chi connectivity index (χ3n) is 7.85. The van der Waals surface area contributed by atoms with E-state index in [0.717, 1.165) is 63.7 Å². The highest BCUT2D eigenvalue weighted by atomic mass is 31.2. The Hall–Kier alpha value is -2.03. The Kier molecular flexibility index (Phi) is 31.8. The Morgan fingerprint density at radius 3 is 1.76 bits per heavy atom. The number of rotatable bonds is 33. The Morgan fingerprint density at radius 2 is 1.18 bits per heavy atom. The molecule has 0 aliphatic heterocycles. The molecule has 9 nitrogen and oxygen atoms in total. The van der Waals surface area contributed by atoms with Gasteiger partial charge in [-0.3, -0.25) is 14.1 Å². The minimum Gasteiger partial charge on any atom is -0.462 e. The zero-order valence-electron chi connectivity index (χ0n) is 30.9. The van der Waals surface area contributed by atoms with Crippen molar-refractivity contribution in [2.45, 2.75) is 168 Å². The summed E-state index contributed by atoms with van der Waals surface area (Å²) in [5.41, 5.74) is 0. The van der Waals surface area contributed by atoms with Gasteiger partial charge in [-0.05, 0) is 50.9 Å². The molecular formula is C39H69O9P. The van der Waals surface area contributed by atoms with E-state index in [1.807, 2.05) is 24.3 Å². The predicted molar refractivity (Wildman–Crippen MR) is 199 cm³/mol. The van der Waals surface area contributed by atoms with Crippen molar-refractivity contribution in [2.75, 3.05) is 13.2 Å². The molecule has 284 valence electrons. The lowest BCUT2D eigenvalue weighted by Crippen LogP contribution is -2.29. The number of allylic oxidation sites excluding steroid dienone is 7. The number of phosphoric ester groups is 1. The lowest BCUT2D eigenvalue weighted by molar-refractivity contribution is -0.161. The third kappa shape index (κ3) is 37.1. The molecule has 0 aromatic rings. The van der Waals surface area contributed by atoms with Crippen LogP contribution in [0.1, 0.15) is 156 Å². The molecule has 10 heteroatoms. The predicted octanol–water partition coefficient (Wildman–Crippen LogP) is 10.0. The maximum atomic E-state index is 12.3. The summed E-state index contributed by atoms with van der Waals surface area (Å²) >= 11 is 0. The molecule has 3 N–H and O–H groups in total. The van der Waals surface area contributed by atoms with Crippen LogP contribution in [0, 0.1) is 5.92 Å². The molecule has 0 amide bonds. The van der Waals surface area contributed by atoms with E-state index in [0.29, 0.717) is 19.3 Å². The van der Waals surface area contributed by atoms with Crippen molar-refractivity contribution in [1.29, 1.82) is 0 Å². The number of aliphatic hydroxyl groups excluding tert-OH is 1. The van der Waals surface area contributed by atoms with Crippen LogP contribution in [-0.4, -0.2) is 52.3 Å². The largest absolute Gasteiger partial charge is 0.469 e. The van der Waals surface area contributed by atoms with Gasteiger partial charge in [-0.15, -0.1) is 0 Å². The highest BCUT2D eigenvalue weighted by Crippen LogP contribution is 2.36. The highest BCUT2D eigenvalue weighted by Gasteiger charge is 2.22. The van der Waals surface area contributed by atoms with E-state index in [1.165, 1.54) is 44.9 Å². The van der Waals surface area contributed by atoms with Crippen LogP contribution in [0.3, 0.4) is 0 Å². The molecule has 0 aromatic carbocycles. The van der Waals surface area contributed by atoms with Gasteiger partial charge in [0.05, 0.1) is 12.7 Å². The van der Waals surface area contributed by atoms with E-state index in [2.05, 4.69) is 49.6 Å². The average molecular weight is 713 g/mol. The second kappa shape index (κ2) is 33.1. The van der Waals surface area contributed by atoms with E-state index in [1.54, 1.807) is 0 Å². The molecule has 0 fully saturated rings. The van der Waals surface area contributed by atoms with Crippen LogP contribution >= 0.6 is 7.82 Å². The number of esters is 2. The second-order valence-corrected chi connectivity index (χ2v) is 14.4. The van der Waals surface area contributed by atoms with E-state index in [-0.39, 0.29) is 25.6 Å². The average Bonchev–Trinajstić information content (AvgIpc) is 3.05. The molecule has 0 unspecified atom stereocenters. The van der Waals surface area contributed by atoms with E-state index < -0.39 is 32.5 Å². The number of unbranched alkanes of at least 4 members (excludes halogenated alkanes) is 11. The fraction of sp³-hybridized carbons (Fsp3) is 0.744. The first-order chi connectivity index (χ1) is 23.5. The molecular weight excluding hydrogens is 643 g/mol. The normalized spacial score (nSPS) is 13.8. The van der Waals surface area contributed by atoms with Gasteiger partial charge in [-0.25, -0.2) is 4.57 Å². The SMILES string of the molecule is CCCC[C@@H](O)/C=C\C/C=C\C/C=C\C/C=C\CCCC(=O)O[C@H](COC(=O)CCCCCCCCCCCCC(C)C)COP(=O)(O)O. The number of phosphoric acid groups is 1. The molecule has 0 radical (unpaired) electrons. The lowest BCUT2D eigenvalue weighted by Gasteiger charge is -2.18. The Morgan fingerprint density at radius 1 is 0.653 bits per heavy atom. The van der Waals surface area contributed by atoms with E-state index in [4.69, 9.17) is 19.3 Å². The van der Waals surface area contributed by atoms with Crippen molar-refractivity contribution in [3.63, 3.8) is 0 Å². The van der Waals surface area contributed by atoms with Crippen molar-refractivity contribution in [3.05, 3.63) is 48.6 Å². The quantitative estimate of drug-likeness (QED) is 0.0262. The van der Waals surface area contributed by atoms with Gasteiger partial charge >= 0.3 is 19.8 Å². The molecule has 49 heavy (non-hydrogen) atoms. The molecule has 0 saturated carbocycles. The van der Waals surface area contributed by atoms with Crippen LogP contribution in [0.2, 0.25) is 0 Å². The monoisotopic (exact) mass is 712 g/mol. The summed E-state index contributed by atoms with van der Waals surface area (Å²) in [6.45, 7) is 5.77. The third-order valence-corrected chi connectivity index (χ3v) is 8.33. The zero-order chi connectivity index (χ0) is 36.4. The molecule has 0 saturated heterocycles. The second-order valence-electron chi connectivity index (χ2n) is 13.2. The first-order valence-electron chi connectivity index (χ1n) is 18.9. The molecule has 0 spiro atoms. The fourth-order valence-corrected chi connectivity index (χ4v) is 5.34. The van der Waals surface area contributed by atoms with Gasteiger partial charge in [0, 0.05) is 12.8 Å². The van der Waals surface area contributed by atoms with Crippen molar-refractivity contribution >= 4 is 19.8 Å². The molecule has 0 aliphatic carbocycles. The van der Waals surface area contributed by atoms with Crippen LogP contribution in [0.4, 0.5) is 0 Å². The highest BCUT2D eigenvalue weighted by molar-refractivity contribution is 7.46. The number of carbonyl (C=O) groups excluding carboxylic acids is 2. The van der Waals surface area contributed by atoms with Crippen LogP contribution in [0.15, 0.2) is 48.6 Å². The van der Waals surface area contributed by atoms with Crippen molar-refractivity contribution in [2.24, 2.45) is 5.92 Å². The number of hydrogen-bond donors (Lipinski definition) is 3. The zero-order valence-corrected chi connectivity index (χ0v) is 31.7. The summed E-state index contributed by atoms with van der Waals surface area (Å²) in [5.74, 6) is -0.183. The topological polar surface area (TPSA) is 140 Å². The summed E-state index contributed by atoms with van der Waals surface area (Å²) in [7, 11) is -4.77. The van der Waals surface area contributed by atoms with Crippen molar-refractivity contribution in [1.82, 2.24) is 0 Å². The van der Waals surface area contributed by atoms with Crippen LogP contribution in [-0.2, 0) is 28.2 Å². The standard InChI is InChI=1S/C39H69O9P/c1-4-5-29-36(40)30-25-21-17-13-8-6-7-9-15-19-23-27-32-39(42)48-37(34-47-49(43,44)45)33-46-38(41)31-26-22-18-14-11-10-12-16-20-24-28-35(2)3/h6-7,13,15,17,19,25,30,35-37,40H,4-5,8-12,14,16,18,20-24,26-29,31-34H2,1-3H3,(H2,43,44,45)/b7-6-,17-13-,19-15-,30-25-/t36-,37-/m1/s1. The molecule has 2 atom stereocenters. The Labute approximate surface area is 297 Å². The Bertz CT molecular complexity index is 968. The van der Waals surface area contributed by atoms with Crippen LogP contribution in [0.25, 0.3) is 0 Å². The van der Waals surface area contributed by atoms with E-state index in [9.17, 15) is 19.3 Å². The van der Waals surface area contributed by atoms with Gasteiger partial charge in [0.2, 0.25) is 0 Å². The van der Waals surface area contributed by atoms with E-state index >= 15 is 0 Å². The van der Waals surface area contributed by atoms with Gasteiger partial charge < -0.3 is 24.4 Å². The number of aliphatic hydroxyl groups is 1. The molecule has 0 aromatic heterocycles. The maximum Gasteiger partial charge on any atom is 0.469 e. The summed E-state index contributed by atoms with van der Waals surface area (Å²) in [6, 6.07) is 0. The fourth-order valence-electron chi connectivity index (χ4n) is 4.98. The summed E-state index contributed by atoms with van der Waals surface area (Å²) < 4.78 is 26.2. The maximum absolute atomic E-state index is 12.3. The summed E-state index contributed by atoms with van der Waals surface area (Å²) in [5, 5.41) is 9.78. The molecule has 0 heterocycles. The van der Waals surface area contributed by atoms with Crippen molar-refractivity contribution < 1.29 is 43.0 Å².